The summed E-state index contributed by atoms with van der Waals surface area (Å²) in [5.74, 6) is -0.296. The molecule has 122 valence electrons. The first-order valence-electron chi connectivity index (χ1n) is 7.23. The summed E-state index contributed by atoms with van der Waals surface area (Å²) in [5.41, 5.74) is 1.57. The molecule has 0 aliphatic heterocycles. The van der Waals surface area contributed by atoms with Gasteiger partial charge >= 0.3 is 6.03 Å². The standard InChI is InChI=1S/C17H18ClFN2O2/c18-14-6-4-13(5-7-14)16(11-22)21-17(23)20-9-8-12-2-1-3-15(19)10-12/h1-7,10,16,22H,8-9,11H2,(H2,20,21,23). The number of aliphatic hydroxyl groups is 1. The van der Waals surface area contributed by atoms with Crippen molar-refractivity contribution in [3.63, 3.8) is 0 Å². The van der Waals surface area contributed by atoms with Crippen molar-refractivity contribution in [3.8, 4) is 0 Å². The van der Waals surface area contributed by atoms with Crippen LogP contribution in [0.3, 0.4) is 0 Å². The lowest BCUT2D eigenvalue weighted by atomic mass is 10.1. The Hall–Kier alpha value is -2.11. The molecule has 0 aliphatic rings. The predicted molar refractivity (Wildman–Crippen MR) is 87.9 cm³/mol. The minimum absolute atomic E-state index is 0.223. The third-order valence-corrected chi connectivity index (χ3v) is 3.60. The number of aliphatic hydroxyl groups excluding tert-OH is 1. The zero-order valence-electron chi connectivity index (χ0n) is 12.4. The van der Waals surface area contributed by atoms with Crippen LogP contribution in [0.2, 0.25) is 5.02 Å². The molecule has 2 aromatic rings. The maximum atomic E-state index is 13.1. The number of amides is 2. The number of hydrogen-bond donors (Lipinski definition) is 3. The zero-order chi connectivity index (χ0) is 16.7. The second-order valence-electron chi connectivity index (χ2n) is 5.07. The van der Waals surface area contributed by atoms with Gasteiger partial charge in [0.05, 0.1) is 12.6 Å². The highest BCUT2D eigenvalue weighted by Gasteiger charge is 2.13. The number of rotatable bonds is 6. The molecule has 0 radical (unpaired) electrons. The molecule has 3 N–H and O–H groups in total. The first-order valence-corrected chi connectivity index (χ1v) is 7.61. The lowest BCUT2D eigenvalue weighted by molar-refractivity contribution is 0.217. The highest BCUT2D eigenvalue weighted by molar-refractivity contribution is 6.30. The predicted octanol–water partition coefficient (Wildman–Crippen LogP) is 3.05. The van der Waals surface area contributed by atoms with Crippen LogP contribution in [0.1, 0.15) is 17.2 Å². The van der Waals surface area contributed by atoms with Crippen LogP contribution in [-0.4, -0.2) is 24.3 Å². The van der Waals surface area contributed by atoms with E-state index in [0.717, 1.165) is 11.1 Å². The van der Waals surface area contributed by atoms with Crippen LogP contribution >= 0.6 is 11.6 Å². The molecule has 0 bridgehead atoms. The molecule has 0 aromatic heterocycles. The van der Waals surface area contributed by atoms with E-state index in [2.05, 4.69) is 10.6 Å². The Labute approximate surface area is 139 Å². The van der Waals surface area contributed by atoms with Crippen LogP contribution in [0.4, 0.5) is 9.18 Å². The lowest BCUT2D eigenvalue weighted by Crippen LogP contribution is -2.40. The molecule has 0 heterocycles. The van der Waals surface area contributed by atoms with Crippen molar-refractivity contribution in [3.05, 3.63) is 70.5 Å². The van der Waals surface area contributed by atoms with Crippen LogP contribution in [-0.2, 0) is 6.42 Å². The number of carbonyl (C=O) groups excluding carboxylic acids is 1. The van der Waals surface area contributed by atoms with Gasteiger partial charge in [-0.25, -0.2) is 9.18 Å². The second kappa shape index (κ2) is 8.50. The normalized spacial score (nSPS) is 11.8. The molecule has 2 rings (SSSR count). The fraction of sp³-hybridized carbons (Fsp3) is 0.235. The third-order valence-electron chi connectivity index (χ3n) is 3.35. The molecule has 4 nitrogen and oxygen atoms in total. The summed E-state index contributed by atoms with van der Waals surface area (Å²) >= 11 is 5.81. The van der Waals surface area contributed by atoms with Crippen molar-refractivity contribution in [2.75, 3.05) is 13.2 Å². The van der Waals surface area contributed by atoms with Crippen LogP contribution in [0.5, 0.6) is 0 Å². The van der Waals surface area contributed by atoms with E-state index in [-0.39, 0.29) is 12.4 Å². The second-order valence-corrected chi connectivity index (χ2v) is 5.50. The number of urea groups is 1. The fourth-order valence-corrected chi connectivity index (χ4v) is 2.28. The Bertz CT molecular complexity index is 649. The van der Waals surface area contributed by atoms with Crippen molar-refractivity contribution in [2.24, 2.45) is 0 Å². The van der Waals surface area contributed by atoms with E-state index in [0.29, 0.717) is 18.0 Å². The van der Waals surface area contributed by atoms with Crippen molar-refractivity contribution in [2.45, 2.75) is 12.5 Å². The van der Waals surface area contributed by atoms with Gasteiger partial charge < -0.3 is 15.7 Å². The summed E-state index contributed by atoms with van der Waals surface area (Å²) in [6.45, 7) is 0.146. The number of nitrogens with one attached hydrogen (secondary N) is 2. The van der Waals surface area contributed by atoms with Gasteiger partial charge in [-0.3, -0.25) is 0 Å². The van der Waals surface area contributed by atoms with Gasteiger partial charge in [-0.15, -0.1) is 0 Å². The minimum atomic E-state index is -0.513. The Morgan fingerprint density at radius 2 is 1.96 bits per heavy atom. The molecule has 2 aromatic carbocycles. The molecular weight excluding hydrogens is 319 g/mol. The minimum Gasteiger partial charge on any atom is -0.394 e. The first kappa shape index (κ1) is 17.2. The molecule has 0 aliphatic carbocycles. The summed E-state index contributed by atoms with van der Waals surface area (Å²) in [4.78, 5) is 11.9. The Kier molecular flexibility index (Phi) is 6.38. The maximum absolute atomic E-state index is 13.1. The van der Waals surface area contributed by atoms with Crippen molar-refractivity contribution < 1.29 is 14.3 Å². The van der Waals surface area contributed by atoms with E-state index < -0.39 is 12.1 Å². The smallest absolute Gasteiger partial charge is 0.315 e. The van der Waals surface area contributed by atoms with E-state index in [1.165, 1.54) is 12.1 Å². The van der Waals surface area contributed by atoms with Gasteiger partial charge in [-0.2, -0.15) is 0 Å². The van der Waals surface area contributed by atoms with Crippen molar-refractivity contribution >= 4 is 17.6 Å². The van der Waals surface area contributed by atoms with E-state index in [4.69, 9.17) is 11.6 Å². The molecule has 1 unspecified atom stereocenters. The van der Waals surface area contributed by atoms with Crippen molar-refractivity contribution in [1.29, 1.82) is 0 Å². The van der Waals surface area contributed by atoms with Gasteiger partial charge in [-0.1, -0.05) is 35.9 Å². The Morgan fingerprint density at radius 1 is 1.22 bits per heavy atom. The van der Waals surface area contributed by atoms with E-state index >= 15 is 0 Å². The molecule has 0 spiro atoms. The van der Waals surface area contributed by atoms with Gasteiger partial charge in [0.25, 0.3) is 0 Å². The van der Waals surface area contributed by atoms with E-state index in [9.17, 15) is 14.3 Å². The largest absolute Gasteiger partial charge is 0.394 e. The molecule has 2 amide bonds. The molecule has 1 atom stereocenters. The van der Waals surface area contributed by atoms with Crippen LogP contribution in [0.15, 0.2) is 48.5 Å². The zero-order valence-corrected chi connectivity index (χ0v) is 13.2. The molecule has 6 heteroatoms. The number of carbonyl (C=O) groups is 1. The maximum Gasteiger partial charge on any atom is 0.315 e. The quantitative estimate of drug-likeness (QED) is 0.759. The summed E-state index contributed by atoms with van der Waals surface area (Å²) in [7, 11) is 0. The highest BCUT2D eigenvalue weighted by Crippen LogP contribution is 2.16. The Morgan fingerprint density at radius 3 is 2.61 bits per heavy atom. The van der Waals surface area contributed by atoms with Crippen LogP contribution in [0.25, 0.3) is 0 Å². The third kappa shape index (κ3) is 5.54. The topological polar surface area (TPSA) is 61.4 Å². The number of hydrogen-bond acceptors (Lipinski definition) is 2. The van der Waals surface area contributed by atoms with Crippen LogP contribution in [0, 0.1) is 5.82 Å². The summed E-state index contributed by atoms with van der Waals surface area (Å²) in [6.07, 6.45) is 0.524. The lowest BCUT2D eigenvalue weighted by Gasteiger charge is -2.17. The van der Waals surface area contributed by atoms with E-state index in [1.807, 2.05) is 0 Å². The molecule has 23 heavy (non-hydrogen) atoms. The average molecular weight is 337 g/mol. The summed E-state index contributed by atoms with van der Waals surface area (Å²) < 4.78 is 13.1. The van der Waals surface area contributed by atoms with E-state index in [1.54, 1.807) is 36.4 Å². The SMILES string of the molecule is O=C(NCCc1cccc(F)c1)NC(CO)c1ccc(Cl)cc1. The van der Waals surface area contributed by atoms with Gasteiger partial charge in [0.1, 0.15) is 5.82 Å². The van der Waals surface area contributed by atoms with Gasteiger partial charge in [0.2, 0.25) is 0 Å². The molecule has 0 saturated heterocycles. The fourth-order valence-electron chi connectivity index (χ4n) is 2.15. The molecular formula is C17H18ClFN2O2. The summed E-state index contributed by atoms with van der Waals surface area (Å²) in [5, 5.41) is 15.4. The monoisotopic (exact) mass is 336 g/mol. The van der Waals surface area contributed by atoms with Crippen molar-refractivity contribution in [1.82, 2.24) is 10.6 Å². The first-order chi connectivity index (χ1) is 11.1. The Balaban J connectivity index is 1.82. The average Bonchev–Trinajstić information content (AvgIpc) is 2.54. The van der Waals surface area contributed by atoms with Gasteiger partial charge in [0, 0.05) is 11.6 Å². The van der Waals surface area contributed by atoms with Gasteiger partial charge in [-0.05, 0) is 41.8 Å². The number of halogens is 2. The van der Waals surface area contributed by atoms with Gasteiger partial charge in [0.15, 0.2) is 0 Å². The number of benzene rings is 2. The summed E-state index contributed by atoms with van der Waals surface area (Å²) in [6, 6.07) is 12.2. The molecule has 0 saturated carbocycles. The molecule has 0 fully saturated rings. The van der Waals surface area contributed by atoms with Crippen LogP contribution < -0.4 is 10.6 Å². The highest BCUT2D eigenvalue weighted by atomic mass is 35.5.